The number of carbonyl (C=O) groups is 1. The minimum atomic E-state index is -0.0116. The Hall–Kier alpha value is -1.51. The van der Waals surface area contributed by atoms with Gasteiger partial charge < -0.3 is 5.32 Å². The number of hydrogen-bond donors (Lipinski definition) is 1. The summed E-state index contributed by atoms with van der Waals surface area (Å²) in [6.45, 7) is 6.16. The van der Waals surface area contributed by atoms with Crippen molar-refractivity contribution in [2.24, 2.45) is 0 Å². The van der Waals surface area contributed by atoms with Crippen LogP contribution in [0.2, 0.25) is 10.0 Å². The van der Waals surface area contributed by atoms with Crippen LogP contribution in [-0.2, 0) is 11.2 Å². The average Bonchev–Trinajstić information content (AvgIpc) is 2.49. The number of nitrogens with one attached hydrogen (secondary N) is 1. The van der Waals surface area contributed by atoms with Gasteiger partial charge in [0.05, 0.1) is 6.04 Å². The zero-order valence-electron chi connectivity index (χ0n) is 13.6. The van der Waals surface area contributed by atoms with Crippen LogP contribution in [0.15, 0.2) is 36.4 Å². The summed E-state index contributed by atoms with van der Waals surface area (Å²) in [6.07, 6.45) is 0.998. The van der Waals surface area contributed by atoms with E-state index < -0.39 is 0 Å². The SMILES string of the molecule is Cc1ccc(C(C)NC(=O)CCc2ccc(Cl)cc2Cl)cc1C. The summed E-state index contributed by atoms with van der Waals surface area (Å²) in [4.78, 5) is 12.1. The Morgan fingerprint density at radius 2 is 1.83 bits per heavy atom. The third-order valence-electron chi connectivity index (χ3n) is 4.04. The molecule has 0 heterocycles. The van der Waals surface area contributed by atoms with Crippen molar-refractivity contribution in [2.45, 2.75) is 39.7 Å². The molecule has 0 aliphatic carbocycles. The maximum Gasteiger partial charge on any atom is 0.220 e. The lowest BCUT2D eigenvalue weighted by atomic mass is 10.0. The molecule has 0 fully saturated rings. The van der Waals surface area contributed by atoms with E-state index in [4.69, 9.17) is 23.2 Å². The molecule has 2 aromatic rings. The molecule has 4 heteroatoms. The molecule has 23 heavy (non-hydrogen) atoms. The number of amides is 1. The van der Waals surface area contributed by atoms with Crippen molar-refractivity contribution < 1.29 is 4.79 Å². The van der Waals surface area contributed by atoms with Gasteiger partial charge >= 0.3 is 0 Å². The lowest BCUT2D eigenvalue weighted by Crippen LogP contribution is -2.26. The van der Waals surface area contributed by atoms with Crippen molar-refractivity contribution in [3.63, 3.8) is 0 Å². The number of benzene rings is 2. The number of carbonyl (C=O) groups excluding carboxylic acids is 1. The topological polar surface area (TPSA) is 29.1 Å². The van der Waals surface area contributed by atoms with Crippen molar-refractivity contribution in [2.75, 3.05) is 0 Å². The molecule has 2 nitrogen and oxygen atoms in total. The first-order valence-corrected chi connectivity index (χ1v) is 8.43. The molecule has 1 N–H and O–H groups in total. The van der Waals surface area contributed by atoms with Gasteiger partial charge in [0, 0.05) is 16.5 Å². The van der Waals surface area contributed by atoms with Gasteiger partial charge in [-0.15, -0.1) is 0 Å². The Morgan fingerprint density at radius 3 is 2.48 bits per heavy atom. The molecule has 2 rings (SSSR count). The van der Waals surface area contributed by atoms with Crippen LogP contribution in [0.25, 0.3) is 0 Å². The Balaban J connectivity index is 1.92. The van der Waals surface area contributed by atoms with Gasteiger partial charge in [-0.3, -0.25) is 4.79 Å². The molecule has 122 valence electrons. The third kappa shape index (κ3) is 4.98. The van der Waals surface area contributed by atoms with Crippen LogP contribution in [0.5, 0.6) is 0 Å². The van der Waals surface area contributed by atoms with Gasteiger partial charge in [0.2, 0.25) is 5.91 Å². The summed E-state index contributed by atoms with van der Waals surface area (Å²) in [7, 11) is 0. The van der Waals surface area contributed by atoms with Crippen molar-refractivity contribution >= 4 is 29.1 Å². The molecule has 0 saturated heterocycles. The third-order valence-corrected chi connectivity index (χ3v) is 4.63. The van der Waals surface area contributed by atoms with Gasteiger partial charge in [0.25, 0.3) is 0 Å². The van der Waals surface area contributed by atoms with Crippen LogP contribution in [0, 0.1) is 13.8 Å². The second-order valence-electron chi connectivity index (χ2n) is 5.87. The van der Waals surface area contributed by atoms with Gasteiger partial charge in [-0.25, -0.2) is 0 Å². The average molecular weight is 350 g/mol. The summed E-state index contributed by atoms with van der Waals surface area (Å²) in [6, 6.07) is 11.6. The zero-order chi connectivity index (χ0) is 17.0. The van der Waals surface area contributed by atoms with Crippen molar-refractivity contribution in [1.29, 1.82) is 0 Å². The summed E-state index contributed by atoms with van der Waals surface area (Å²) < 4.78 is 0. The minimum absolute atomic E-state index is 0.0116. The van der Waals surface area contributed by atoms with Gasteiger partial charge in [-0.2, -0.15) is 0 Å². The van der Waals surface area contributed by atoms with Crippen LogP contribution in [0.1, 0.15) is 41.6 Å². The van der Waals surface area contributed by atoms with Crippen LogP contribution >= 0.6 is 23.2 Å². The van der Waals surface area contributed by atoms with Crippen LogP contribution < -0.4 is 5.32 Å². The van der Waals surface area contributed by atoms with E-state index in [1.807, 2.05) is 13.0 Å². The van der Waals surface area contributed by atoms with Crippen LogP contribution in [0.4, 0.5) is 0 Å². The first kappa shape index (κ1) is 17.8. The second-order valence-corrected chi connectivity index (χ2v) is 6.71. The number of hydrogen-bond acceptors (Lipinski definition) is 1. The smallest absolute Gasteiger partial charge is 0.220 e. The van der Waals surface area contributed by atoms with E-state index in [1.165, 1.54) is 11.1 Å². The molecule has 0 aromatic heterocycles. The van der Waals surface area contributed by atoms with E-state index in [1.54, 1.807) is 12.1 Å². The lowest BCUT2D eigenvalue weighted by molar-refractivity contribution is -0.121. The first-order valence-electron chi connectivity index (χ1n) is 7.67. The molecule has 1 atom stereocenters. The van der Waals surface area contributed by atoms with E-state index in [-0.39, 0.29) is 11.9 Å². The lowest BCUT2D eigenvalue weighted by Gasteiger charge is -2.16. The monoisotopic (exact) mass is 349 g/mol. The van der Waals surface area contributed by atoms with Crippen LogP contribution in [0.3, 0.4) is 0 Å². The molecular formula is C19H21Cl2NO. The van der Waals surface area contributed by atoms with E-state index in [2.05, 4.69) is 37.4 Å². The molecule has 0 radical (unpaired) electrons. The van der Waals surface area contributed by atoms with Gasteiger partial charge in [0.15, 0.2) is 0 Å². The number of halogens is 2. The highest BCUT2D eigenvalue weighted by Crippen LogP contribution is 2.22. The van der Waals surface area contributed by atoms with Gasteiger partial charge in [0.1, 0.15) is 0 Å². The molecule has 0 bridgehead atoms. The Labute approximate surface area is 147 Å². The fourth-order valence-electron chi connectivity index (χ4n) is 2.40. The largest absolute Gasteiger partial charge is 0.350 e. The number of rotatable bonds is 5. The molecule has 0 spiro atoms. The summed E-state index contributed by atoms with van der Waals surface area (Å²) in [5.74, 6) is 0.0155. The molecule has 2 aromatic carbocycles. The van der Waals surface area contributed by atoms with Gasteiger partial charge in [-0.1, -0.05) is 47.5 Å². The summed E-state index contributed by atoms with van der Waals surface area (Å²) in [5, 5.41) is 4.24. The van der Waals surface area contributed by atoms with E-state index in [9.17, 15) is 4.79 Å². The molecule has 1 unspecified atom stereocenters. The molecule has 0 aliphatic rings. The Morgan fingerprint density at radius 1 is 1.09 bits per heavy atom. The standard InChI is InChI=1S/C19H21Cl2NO/c1-12-4-5-16(10-13(12)2)14(3)22-19(23)9-7-15-6-8-17(20)11-18(15)21/h4-6,8,10-11,14H,7,9H2,1-3H3,(H,22,23). The highest BCUT2D eigenvalue weighted by molar-refractivity contribution is 6.35. The molecule has 0 saturated carbocycles. The predicted octanol–water partition coefficient (Wildman–Crippen LogP) is 5.42. The van der Waals surface area contributed by atoms with E-state index in [0.717, 1.165) is 11.1 Å². The maximum absolute atomic E-state index is 12.1. The predicted molar refractivity (Wildman–Crippen MR) is 97.3 cm³/mol. The second kappa shape index (κ2) is 7.85. The van der Waals surface area contributed by atoms with Crippen molar-refractivity contribution in [1.82, 2.24) is 5.32 Å². The normalized spacial score (nSPS) is 12.0. The molecular weight excluding hydrogens is 329 g/mol. The van der Waals surface area contributed by atoms with Crippen molar-refractivity contribution in [3.05, 3.63) is 68.7 Å². The highest BCUT2D eigenvalue weighted by Gasteiger charge is 2.11. The molecule has 0 aliphatic heterocycles. The first-order chi connectivity index (χ1) is 10.9. The maximum atomic E-state index is 12.1. The zero-order valence-corrected chi connectivity index (χ0v) is 15.1. The Bertz CT molecular complexity index is 713. The summed E-state index contributed by atoms with van der Waals surface area (Å²) >= 11 is 12.0. The summed E-state index contributed by atoms with van der Waals surface area (Å²) in [5.41, 5.74) is 4.54. The van der Waals surface area contributed by atoms with Gasteiger partial charge in [-0.05, 0) is 61.6 Å². The fraction of sp³-hybridized carbons (Fsp3) is 0.316. The Kier molecular flexibility index (Phi) is 6.09. The van der Waals surface area contributed by atoms with Crippen molar-refractivity contribution in [3.8, 4) is 0 Å². The van der Waals surface area contributed by atoms with Crippen LogP contribution in [-0.4, -0.2) is 5.91 Å². The quantitative estimate of drug-likeness (QED) is 0.766. The fourth-order valence-corrected chi connectivity index (χ4v) is 2.91. The van der Waals surface area contributed by atoms with E-state index in [0.29, 0.717) is 22.9 Å². The minimum Gasteiger partial charge on any atom is -0.350 e. The number of aryl methyl sites for hydroxylation is 3. The highest BCUT2D eigenvalue weighted by atomic mass is 35.5. The van der Waals surface area contributed by atoms with E-state index >= 15 is 0 Å². The molecule has 1 amide bonds.